The lowest BCUT2D eigenvalue weighted by molar-refractivity contribution is 0.660. The van der Waals surface area contributed by atoms with E-state index in [9.17, 15) is 0 Å². The molecule has 0 amide bonds. The van der Waals surface area contributed by atoms with E-state index >= 15 is 0 Å². The van der Waals surface area contributed by atoms with Gasteiger partial charge >= 0.3 is 0 Å². The fourth-order valence-corrected chi connectivity index (χ4v) is 6.83. The van der Waals surface area contributed by atoms with Gasteiger partial charge in [-0.3, -0.25) is 0 Å². The first kappa shape index (κ1) is 23.0. The fraction of sp³-hybridized carbons (Fsp3) is 0.0769. The Morgan fingerprint density at radius 1 is 0.425 bits per heavy atom. The number of hydrogen-bond acceptors (Lipinski definition) is 1. The predicted octanol–water partition coefficient (Wildman–Crippen LogP) is 10.9. The maximum absolute atomic E-state index is 2.39. The van der Waals surface area contributed by atoms with Gasteiger partial charge in [-0.1, -0.05) is 117 Å². The van der Waals surface area contributed by atoms with E-state index < -0.39 is 0 Å². The molecule has 0 aromatic heterocycles. The van der Waals surface area contributed by atoms with Crippen LogP contribution < -0.4 is 4.90 Å². The molecule has 0 fully saturated rings. The molecule has 8 rings (SSSR count). The normalized spacial score (nSPS) is 13.4. The molecule has 0 saturated heterocycles. The molecule has 0 saturated carbocycles. The SMILES string of the molecule is CC1(C)c2ccccc2-c2cc(N(c3ccccc3)c3ccc4c(ccc5ccc6ccccc6c54)c3)ccc21. The molecule has 0 N–H and O–H groups in total. The number of benzene rings is 7. The Hall–Kier alpha value is -4.88. The van der Waals surface area contributed by atoms with Gasteiger partial charge in [-0.2, -0.15) is 0 Å². The van der Waals surface area contributed by atoms with E-state index in [0.717, 1.165) is 11.4 Å². The molecule has 1 aliphatic carbocycles. The summed E-state index contributed by atoms with van der Waals surface area (Å²) in [4.78, 5) is 2.39. The van der Waals surface area contributed by atoms with Crippen molar-refractivity contribution in [1.82, 2.24) is 0 Å². The van der Waals surface area contributed by atoms with E-state index in [1.807, 2.05) is 0 Å². The zero-order chi connectivity index (χ0) is 26.8. The van der Waals surface area contributed by atoms with Gasteiger partial charge in [0.05, 0.1) is 0 Å². The third-order valence-electron chi connectivity index (χ3n) is 8.81. The fourth-order valence-electron chi connectivity index (χ4n) is 6.83. The van der Waals surface area contributed by atoms with E-state index in [2.05, 4.69) is 158 Å². The van der Waals surface area contributed by atoms with Gasteiger partial charge in [-0.05, 0) is 91.0 Å². The van der Waals surface area contributed by atoms with Crippen molar-refractivity contribution in [2.45, 2.75) is 19.3 Å². The lowest BCUT2D eigenvalue weighted by atomic mass is 9.82. The van der Waals surface area contributed by atoms with Crippen LogP contribution in [0.15, 0.2) is 140 Å². The molecule has 0 atom stereocenters. The van der Waals surface area contributed by atoms with Crippen molar-refractivity contribution >= 4 is 49.4 Å². The molecular formula is C39H29N. The first-order valence-corrected chi connectivity index (χ1v) is 14.0. The number of para-hydroxylation sites is 1. The summed E-state index contributed by atoms with van der Waals surface area (Å²) in [5.74, 6) is 0. The van der Waals surface area contributed by atoms with E-state index in [1.165, 1.54) is 60.3 Å². The summed E-state index contributed by atoms with van der Waals surface area (Å²) >= 11 is 0. The van der Waals surface area contributed by atoms with Crippen LogP contribution in [0.1, 0.15) is 25.0 Å². The lowest BCUT2D eigenvalue weighted by Gasteiger charge is -2.27. The highest BCUT2D eigenvalue weighted by Gasteiger charge is 2.35. The van der Waals surface area contributed by atoms with Crippen LogP contribution in [0.4, 0.5) is 17.1 Å². The molecule has 0 spiro atoms. The highest BCUT2D eigenvalue weighted by Crippen LogP contribution is 2.50. The van der Waals surface area contributed by atoms with E-state index in [-0.39, 0.29) is 5.41 Å². The molecule has 1 nitrogen and oxygen atoms in total. The van der Waals surface area contributed by atoms with Crippen LogP contribution in [-0.2, 0) is 5.41 Å². The van der Waals surface area contributed by atoms with Crippen LogP contribution in [0.2, 0.25) is 0 Å². The first-order chi connectivity index (χ1) is 19.6. The summed E-state index contributed by atoms with van der Waals surface area (Å²) in [5.41, 5.74) is 8.94. The topological polar surface area (TPSA) is 3.24 Å². The van der Waals surface area contributed by atoms with Gasteiger partial charge in [-0.25, -0.2) is 0 Å². The second-order valence-corrected chi connectivity index (χ2v) is 11.4. The maximum atomic E-state index is 2.39. The highest BCUT2D eigenvalue weighted by atomic mass is 15.1. The van der Waals surface area contributed by atoms with Gasteiger partial charge < -0.3 is 4.90 Å². The largest absolute Gasteiger partial charge is 0.310 e. The van der Waals surface area contributed by atoms with E-state index in [1.54, 1.807) is 0 Å². The van der Waals surface area contributed by atoms with Gasteiger partial charge in [-0.15, -0.1) is 0 Å². The standard InChI is InChI=1S/C39H29N/c1-39(2)36-15-9-8-14-34(36)35-25-31(21-23-37(35)39)40(29-11-4-3-5-12-29)30-20-22-33-28(24-30)19-18-27-17-16-26-10-6-7-13-32(26)38(27)33/h3-25H,1-2H3. The molecule has 7 aromatic carbocycles. The Kier molecular flexibility index (Phi) is 4.93. The summed E-state index contributed by atoms with van der Waals surface area (Å²) < 4.78 is 0. The lowest BCUT2D eigenvalue weighted by Crippen LogP contribution is -2.15. The Balaban J connectivity index is 1.34. The molecule has 7 aromatic rings. The van der Waals surface area contributed by atoms with E-state index in [0.29, 0.717) is 0 Å². The number of nitrogens with zero attached hydrogens (tertiary/aromatic N) is 1. The van der Waals surface area contributed by atoms with Gasteiger partial charge in [0.15, 0.2) is 0 Å². The van der Waals surface area contributed by atoms with Crippen LogP contribution >= 0.6 is 0 Å². The third-order valence-corrected chi connectivity index (χ3v) is 8.81. The Labute approximate surface area is 234 Å². The van der Waals surface area contributed by atoms with Crippen LogP contribution in [0.5, 0.6) is 0 Å². The molecule has 1 aliphatic rings. The summed E-state index contributed by atoms with van der Waals surface area (Å²) in [6.07, 6.45) is 0. The minimum Gasteiger partial charge on any atom is -0.310 e. The van der Waals surface area contributed by atoms with Crippen LogP contribution in [0, 0.1) is 0 Å². The molecule has 0 bridgehead atoms. The summed E-state index contributed by atoms with van der Waals surface area (Å²) in [6.45, 7) is 4.67. The monoisotopic (exact) mass is 511 g/mol. The number of hydrogen-bond donors (Lipinski definition) is 0. The van der Waals surface area contributed by atoms with Crippen molar-refractivity contribution in [2.24, 2.45) is 0 Å². The van der Waals surface area contributed by atoms with Gasteiger partial charge in [0.25, 0.3) is 0 Å². The van der Waals surface area contributed by atoms with E-state index in [4.69, 9.17) is 0 Å². The second-order valence-electron chi connectivity index (χ2n) is 11.4. The van der Waals surface area contributed by atoms with Crippen molar-refractivity contribution in [1.29, 1.82) is 0 Å². The van der Waals surface area contributed by atoms with Crippen molar-refractivity contribution in [3.8, 4) is 11.1 Å². The third kappa shape index (κ3) is 3.34. The minimum atomic E-state index is -0.00515. The molecule has 40 heavy (non-hydrogen) atoms. The smallest absolute Gasteiger partial charge is 0.0468 e. The molecule has 1 heteroatoms. The average molecular weight is 512 g/mol. The van der Waals surface area contributed by atoms with Crippen molar-refractivity contribution in [3.05, 3.63) is 151 Å². The number of anilines is 3. The quantitative estimate of drug-likeness (QED) is 0.213. The molecular weight excluding hydrogens is 482 g/mol. The minimum absolute atomic E-state index is 0.00515. The molecule has 0 aliphatic heterocycles. The molecule has 0 heterocycles. The van der Waals surface area contributed by atoms with Gasteiger partial charge in [0.1, 0.15) is 0 Å². The Morgan fingerprint density at radius 3 is 1.93 bits per heavy atom. The van der Waals surface area contributed by atoms with Crippen LogP contribution in [0.25, 0.3) is 43.4 Å². The zero-order valence-corrected chi connectivity index (χ0v) is 22.7. The molecule has 190 valence electrons. The summed E-state index contributed by atoms with van der Waals surface area (Å²) in [6, 6.07) is 51.2. The second kappa shape index (κ2) is 8.56. The van der Waals surface area contributed by atoms with Gasteiger partial charge in [0.2, 0.25) is 0 Å². The van der Waals surface area contributed by atoms with Crippen LogP contribution in [0.3, 0.4) is 0 Å². The Bertz CT molecular complexity index is 2080. The van der Waals surface area contributed by atoms with Crippen molar-refractivity contribution in [3.63, 3.8) is 0 Å². The predicted molar refractivity (Wildman–Crippen MR) is 171 cm³/mol. The van der Waals surface area contributed by atoms with Crippen molar-refractivity contribution < 1.29 is 0 Å². The van der Waals surface area contributed by atoms with Crippen molar-refractivity contribution in [2.75, 3.05) is 4.90 Å². The highest BCUT2D eigenvalue weighted by molar-refractivity contribution is 6.20. The molecule has 0 radical (unpaired) electrons. The maximum Gasteiger partial charge on any atom is 0.0468 e. The number of rotatable bonds is 3. The number of fused-ring (bicyclic) bond motifs is 8. The average Bonchev–Trinajstić information content (AvgIpc) is 3.23. The summed E-state index contributed by atoms with van der Waals surface area (Å²) in [5, 5.41) is 7.71. The first-order valence-electron chi connectivity index (χ1n) is 14.0. The van der Waals surface area contributed by atoms with Gasteiger partial charge in [0, 0.05) is 22.5 Å². The van der Waals surface area contributed by atoms with Crippen LogP contribution in [-0.4, -0.2) is 0 Å². The molecule has 0 unspecified atom stereocenters. The Morgan fingerprint density at radius 2 is 1.05 bits per heavy atom. The zero-order valence-electron chi connectivity index (χ0n) is 22.7. The summed E-state index contributed by atoms with van der Waals surface area (Å²) in [7, 11) is 0.